The quantitative estimate of drug-likeness (QED) is 0.671. The van der Waals surface area contributed by atoms with E-state index >= 15 is 0 Å². The minimum atomic E-state index is 0.568. The Labute approximate surface area is 129 Å². The van der Waals surface area contributed by atoms with Crippen LogP contribution in [-0.2, 0) is 19.4 Å². The van der Waals surface area contributed by atoms with Crippen molar-refractivity contribution < 1.29 is 0 Å². The van der Waals surface area contributed by atoms with Crippen molar-refractivity contribution >= 4 is 22.8 Å². The first-order valence-corrected chi connectivity index (χ1v) is 7.79. The van der Waals surface area contributed by atoms with E-state index in [0.717, 1.165) is 36.4 Å². The molecule has 3 rings (SSSR count). The number of halogens is 1. The van der Waals surface area contributed by atoms with Gasteiger partial charge in [-0.25, -0.2) is 9.97 Å². The molecule has 3 aromatic rings. The van der Waals surface area contributed by atoms with Crippen molar-refractivity contribution in [1.82, 2.24) is 14.5 Å². The Morgan fingerprint density at radius 3 is 2.67 bits per heavy atom. The first kappa shape index (κ1) is 14.1. The highest BCUT2D eigenvalue weighted by Crippen LogP contribution is 2.19. The molecule has 0 N–H and O–H groups in total. The van der Waals surface area contributed by atoms with Gasteiger partial charge in [0.2, 0.25) is 0 Å². The average Bonchev–Trinajstić information content (AvgIpc) is 2.86. The number of aromatic nitrogens is 3. The maximum Gasteiger partial charge on any atom is 0.160 e. The van der Waals surface area contributed by atoms with Gasteiger partial charge in [-0.05, 0) is 29.7 Å². The highest BCUT2D eigenvalue weighted by molar-refractivity contribution is 6.17. The summed E-state index contributed by atoms with van der Waals surface area (Å²) in [5.41, 5.74) is 4.56. The molecular formula is C17H18ClN3. The zero-order valence-corrected chi connectivity index (χ0v) is 12.8. The highest BCUT2D eigenvalue weighted by Gasteiger charge is 2.12. The standard InChI is InChI=1S/C17H18ClN3/c1-2-13-6-3-4-7-14(13)12-21-16(9-10-18)20-15-8-5-11-19-17(15)21/h3-8,11H,2,9-10,12H2,1H3. The Bertz CT molecular complexity index is 749. The molecule has 21 heavy (non-hydrogen) atoms. The van der Waals surface area contributed by atoms with E-state index < -0.39 is 0 Å². The zero-order valence-electron chi connectivity index (χ0n) is 12.1. The van der Waals surface area contributed by atoms with Gasteiger partial charge in [-0.2, -0.15) is 0 Å². The van der Waals surface area contributed by atoms with Gasteiger partial charge in [0.1, 0.15) is 11.3 Å². The Morgan fingerprint density at radius 2 is 1.90 bits per heavy atom. The number of imidazole rings is 1. The Morgan fingerprint density at radius 1 is 1.10 bits per heavy atom. The predicted octanol–water partition coefficient (Wildman–Crippen LogP) is 3.82. The molecular weight excluding hydrogens is 282 g/mol. The van der Waals surface area contributed by atoms with Gasteiger partial charge in [0.25, 0.3) is 0 Å². The molecule has 0 aliphatic carbocycles. The van der Waals surface area contributed by atoms with Crippen LogP contribution in [0.25, 0.3) is 11.2 Å². The van der Waals surface area contributed by atoms with E-state index in [1.165, 1.54) is 11.1 Å². The number of alkyl halides is 1. The SMILES string of the molecule is CCc1ccccc1Cn1c(CCCl)nc2cccnc21. The summed E-state index contributed by atoms with van der Waals surface area (Å²) in [7, 11) is 0. The molecule has 2 aromatic heterocycles. The number of benzene rings is 1. The largest absolute Gasteiger partial charge is 0.308 e. The number of hydrogen-bond acceptors (Lipinski definition) is 2. The summed E-state index contributed by atoms with van der Waals surface area (Å²) in [6.07, 6.45) is 3.60. The molecule has 0 fully saturated rings. The van der Waals surface area contributed by atoms with Crippen molar-refractivity contribution in [2.24, 2.45) is 0 Å². The van der Waals surface area contributed by atoms with Gasteiger partial charge in [0.15, 0.2) is 5.65 Å². The highest BCUT2D eigenvalue weighted by atomic mass is 35.5. The van der Waals surface area contributed by atoms with Crippen LogP contribution in [0.4, 0.5) is 0 Å². The van der Waals surface area contributed by atoms with E-state index in [1.54, 1.807) is 0 Å². The third kappa shape index (κ3) is 2.79. The molecule has 1 aromatic carbocycles. The van der Waals surface area contributed by atoms with Crippen molar-refractivity contribution in [3.63, 3.8) is 0 Å². The lowest BCUT2D eigenvalue weighted by molar-refractivity contribution is 0.741. The molecule has 4 heteroatoms. The third-order valence-corrected chi connectivity index (χ3v) is 3.92. The average molecular weight is 300 g/mol. The maximum absolute atomic E-state index is 5.92. The van der Waals surface area contributed by atoms with Crippen LogP contribution in [0, 0.1) is 0 Å². The van der Waals surface area contributed by atoms with E-state index in [0.29, 0.717) is 5.88 Å². The van der Waals surface area contributed by atoms with Gasteiger partial charge in [0, 0.05) is 18.5 Å². The molecule has 0 saturated carbocycles. The Hall–Kier alpha value is -1.87. The number of aryl methyl sites for hydroxylation is 2. The summed E-state index contributed by atoms with van der Waals surface area (Å²) in [6.45, 7) is 2.98. The number of pyridine rings is 1. The molecule has 0 unspecified atom stereocenters. The molecule has 0 aliphatic rings. The molecule has 0 atom stereocenters. The van der Waals surface area contributed by atoms with Gasteiger partial charge >= 0.3 is 0 Å². The molecule has 0 bridgehead atoms. The molecule has 0 saturated heterocycles. The van der Waals surface area contributed by atoms with Crippen molar-refractivity contribution in [1.29, 1.82) is 0 Å². The van der Waals surface area contributed by atoms with Gasteiger partial charge in [0.05, 0.1) is 6.54 Å². The van der Waals surface area contributed by atoms with Crippen molar-refractivity contribution in [3.8, 4) is 0 Å². The molecule has 108 valence electrons. The van der Waals surface area contributed by atoms with Gasteiger partial charge in [-0.1, -0.05) is 31.2 Å². The fraction of sp³-hybridized carbons (Fsp3) is 0.294. The van der Waals surface area contributed by atoms with E-state index in [2.05, 4.69) is 45.7 Å². The lowest BCUT2D eigenvalue weighted by Gasteiger charge is -2.11. The van der Waals surface area contributed by atoms with Crippen molar-refractivity contribution in [3.05, 3.63) is 59.5 Å². The van der Waals surface area contributed by atoms with Crippen LogP contribution >= 0.6 is 11.6 Å². The first-order chi connectivity index (χ1) is 10.3. The fourth-order valence-corrected chi connectivity index (χ4v) is 2.84. The van der Waals surface area contributed by atoms with Gasteiger partial charge in [-0.3, -0.25) is 0 Å². The number of hydrogen-bond donors (Lipinski definition) is 0. The second kappa shape index (κ2) is 6.27. The molecule has 2 heterocycles. The third-order valence-electron chi connectivity index (χ3n) is 3.73. The second-order valence-corrected chi connectivity index (χ2v) is 5.40. The lowest BCUT2D eigenvalue weighted by atomic mass is 10.1. The Balaban J connectivity index is 2.08. The van der Waals surface area contributed by atoms with Crippen LogP contribution in [0.5, 0.6) is 0 Å². The predicted molar refractivity (Wildman–Crippen MR) is 86.9 cm³/mol. The normalized spacial score (nSPS) is 11.1. The number of rotatable bonds is 5. The topological polar surface area (TPSA) is 30.7 Å². The summed E-state index contributed by atoms with van der Waals surface area (Å²) in [5.74, 6) is 1.57. The smallest absolute Gasteiger partial charge is 0.160 e. The fourth-order valence-electron chi connectivity index (χ4n) is 2.67. The lowest BCUT2D eigenvalue weighted by Crippen LogP contribution is -2.08. The van der Waals surface area contributed by atoms with E-state index in [-0.39, 0.29) is 0 Å². The Kier molecular flexibility index (Phi) is 4.20. The van der Waals surface area contributed by atoms with E-state index in [1.807, 2.05) is 18.3 Å². The summed E-state index contributed by atoms with van der Waals surface area (Å²) in [6, 6.07) is 12.5. The molecule has 3 nitrogen and oxygen atoms in total. The molecule has 0 radical (unpaired) electrons. The van der Waals surface area contributed by atoms with Crippen LogP contribution in [0.15, 0.2) is 42.6 Å². The molecule has 0 spiro atoms. The van der Waals surface area contributed by atoms with E-state index in [4.69, 9.17) is 11.6 Å². The minimum absolute atomic E-state index is 0.568. The molecule has 0 aliphatic heterocycles. The molecule has 0 amide bonds. The van der Waals surface area contributed by atoms with Crippen LogP contribution in [0.3, 0.4) is 0 Å². The summed E-state index contributed by atoms with van der Waals surface area (Å²) >= 11 is 5.92. The van der Waals surface area contributed by atoms with Crippen molar-refractivity contribution in [2.45, 2.75) is 26.3 Å². The second-order valence-electron chi connectivity index (χ2n) is 5.02. The van der Waals surface area contributed by atoms with Gasteiger partial charge < -0.3 is 4.57 Å². The summed E-state index contributed by atoms with van der Waals surface area (Å²) < 4.78 is 2.19. The monoisotopic (exact) mass is 299 g/mol. The van der Waals surface area contributed by atoms with Crippen LogP contribution in [-0.4, -0.2) is 20.4 Å². The maximum atomic E-state index is 5.92. The van der Waals surface area contributed by atoms with Crippen LogP contribution < -0.4 is 0 Å². The van der Waals surface area contributed by atoms with Crippen molar-refractivity contribution in [2.75, 3.05) is 5.88 Å². The summed E-state index contributed by atoms with van der Waals surface area (Å²) in [5, 5.41) is 0. The van der Waals surface area contributed by atoms with Crippen LogP contribution in [0.1, 0.15) is 23.9 Å². The zero-order chi connectivity index (χ0) is 14.7. The first-order valence-electron chi connectivity index (χ1n) is 7.26. The summed E-state index contributed by atoms with van der Waals surface area (Å²) in [4.78, 5) is 9.16. The van der Waals surface area contributed by atoms with Crippen LogP contribution in [0.2, 0.25) is 0 Å². The minimum Gasteiger partial charge on any atom is -0.308 e. The van der Waals surface area contributed by atoms with E-state index in [9.17, 15) is 0 Å². The number of fused-ring (bicyclic) bond motifs is 1. The number of nitrogens with zero attached hydrogens (tertiary/aromatic N) is 3. The van der Waals surface area contributed by atoms with Gasteiger partial charge in [-0.15, -0.1) is 11.6 Å².